The van der Waals surface area contributed by atoms with Crippen LogP contribution in [0.25, 0.3) is 22.4 Å². The first kappa shape index (κ1) is 24.7. The molecule has 1 aliphatic carbocycles. The van der Waals surface area contributed by atoms with Crippen molar-refractivity contribution in [1.82, 2.24) is 4.57 Å². The van der Waals surface area contributed by atoms with Gasteiger partial charge in [-0.05, 0) is 60.9 Å². The van der Waals surface area contributed by atoms with Gasteiger partial charge in [-0.2, -0.15) is 0 Å². The van der Waals surface area contributed by atoms with E-state index in [1.54, 1.807) is 6.07 Å². The normalized spacial score (nSPS) is 20.9. The Kier molecular flexibility index (Phi) is 7.96. The molecule has 1 saturated carbocycles. The molecule has 0 N–H and O–H groups in total. The maximum Gasteiger partial charge on any atom is 0.348 e. The zero-order valence-electron chi connectivity index (χ0n) is 19.2. The molecule has 2 aromatic carbocycles. The summed E-state index contributed by atoms with van der Waals surface area (Å²) in [5.74, 6) is 1.71. The molecule has 1 aliphatic rings. The van der Waals surface area contributed by atoms with Gasteiger partial charge in [-0.1, -0.05) is 45.4 Å². The smallest absolute Gasteiger partial charge is 0.348 e. The summed E-state index contributed by atoms with van der Waals surface area (Å²) in [6, 6.07) is 14.4. The second kappa shape index (κ2) is 10.3. The highest BCUT2D eigenvalue weighted by atomic mass is 127. The molecule has 0 aliphatic heterocycles. The zero-order chi connectivity index (χ0) is 22.1. The quantitative estimate of drug-likeness (QED) is 0.278. The molecule has 3 aromatic rings. The van der Waals surface area contributed by atoms with Crippen LogP contribution in [-0.4, -0.2) is 16.6 Å². The number of fused-ring (bicyclic) bond motifs is 1. The number of halogens is 2. The first-order valence-corrected chi connectivity index (χ1v) is 11.3. The van der Waals surface area contributed by atoms with Crippen molar-refractivity contribution in [3.8, 4) is 11.4 Å². The number of carbonyl (C=O) groups is 1. The van der Waals surface area contributed by atoms with Crippen molar-refractivity contribution in [1.29, 1.82) is 0 Å². The van der Waals surface area contributed by atoms with Crippen LogP contribution in [0.15, 0.2) is 48.5 Å². The number of esters is 1. The van der Waals surface area contributed by atoms with E-state index in [1.807, 2.05) is 46.5 Å². The van der Waals surface area contributed by atoms with Gasteiger partial charge in [0.2, 0.25) is 0 Å². The summed E-state index contributed by atoms with van der Waals surface area (Å²) in [6.45, 7) is 6.76. The molecular formula is C26H32FIN2O2. The van der Waals surface area contributed by atoms with E-state index in [-0.39, 0.29) is 48.4 Å². The highest BCUT2D eigenvalue weighted by Crippen LogP contribution is 2.35. The van der Waals surface area contributed by atoms with Crippen LogP contribution >= 0.6 is 0 Å². The molecule has 3 atom stereocenters. The number of aromatic nitrogens is 2. The Labute approximate surface area is 206 Å². The first-order chi connectivity index (χ1) is 14.8. The van der Waals surface area contributed by atoms with Crippen molar-refractivity contribution < 1.29 is 42.5 Å². The molecule has 0 amide bonds. The van der Waals surface area contributed by atoms with Crippen LogP contribution in [0.4, 0.5) is 4.39 Å². The lowest BCUT2D eigenvalue weighted by Gasteiger charge is -2.36. The lowest BCUT2D eigenvalue weighted by molar-refractivity contribution is -0.634. The molecule has 0 radical (unpaired) electrons. The van der Waals surface area contributed by atoms with Gasteiger partial charge >= 0.3 is 5.97 Å². The lowest BCUT2D eigenvalue weighted by atomic mass is 9.75. The molecule has 4 nitrogen and oxygen atoms in total. The Morgan fingerprint density at radius 3 is 2.66 bits per heavy atom. The maximum absolute atomic E-state index is 14.0. The third-order valence-electron chi connectivity index (χ3n) is 6.72. The molecule has 32 heavy (non-hydrogen) atoms. The number of benzene rings is 2. The summed E-state index contributed by atoms with van der Waals surface area (Å²) < 4.78 is 24.0. The van der Waals surface area contributed by atoms with E-state index >= 15 is 0 Å². The number of ether oxygens (including phenoxy) is 1. The summed E-state index contributed by atoms with van der Waals surface area (Å²) in [5.41, 5.74) is 2.65. The van der Waals surface area contributed by atoms with Crippen molar-refractivity contribution in [2.75, 3.05) is 0 Å². The van der Waals surface area contributed by atoms with Crippen LogP contribution in [-0.2, 0) is 23.1 Å². The Morgan fingerprint density at radius 2 is 1.94 bits per heavy atom. The fourth-order valence-electron chi connectivity index (χ4n) is 5.11. The average molecular weight is 550 g/mol. The second-order valence-electron chi connectivity index (χ2n) is 9.32. The molecule has 0 bridgehead atoms. The fraction of sp³-hybridized carbons (Fsp3) is 0.462. The second-order valence-corrected chi connectivity index (χ2v) is 9.32. The number of nitrogens with zero attached hydrogens (tertiary/aromatic N) is 2. The van der Waals surface area contributed by atoms with E-state index < -0.39 is 0 Å². The molecule has 1 unspecified atom stereocenters. The van der Waals surface area contributed by atoms with Gasteiger partial charge < -0.3 is 28.7 Å². The molecule has 0 spiro atoms. The minimum atomic E-state index is -0.298. The summed E-state index contributed by atoms with van der Waals surface area (Å²) in [6.07, 6.45) is 3.18. The monoisotopic (exact) mass is 550 g/mol. The molecule has 6 heteroatoms. The standard InChI is InChI=1S/C26H32FN2O2.HI/c1-17(2)21-13-12-18(3)14-24(21)31-25(30)16-29-23-11-6-5-10-22(23)28(4)26(29)19-8-7-9-20(27)15-19;/h5-11,15,17-18,21,24H,12-14,16H2,1-4H3;1H/q+1;/p-1/t18-,21+,24?;/m1./s1. The molecule has 1 aromatic heterocycles. The Bertz CT molecular complexity index is 1090. The van der Waals surface area contributed by atoms with Crippen molar-refractivity contribution >= 4 is 17.0 Å². The van der Waals surface area contributed by atoms with Crippen LogP contribution in [0.1, 0.15) is 40.0 Å². The molecule has 1 heterocycles. The van der Waals surface area contributed by atoms with E-state index in [4.69, 9.17) is 4.74 Å². The summed E-state index contributed by atoms with van der Waals surface area (Å²) in [7, 11) is 1.95. The van der Waals surface area contributed by atoms with Crippen LogP contribution in [0.5, 0.6) is 0 Å². The third kappa shape index (κ3) is 5.00. The maximum atomic E-state index is 14.0. The van der Waals surface area contributed by atoms with E-state index in [9.17, 15) is 9.18 Å². The molecule has 0 saturated heterocycles. The van der Waals surface area contributed by atoms with Crippen molar-refractivity contribution in [2.24, 2.45) is 24.8 Å². The van der Waals surface area contributed by atoms with Gasteiger partial charge in [-0.3, -0.25) is 0 Å². The third-order valence-corrected chi connectivity index (χ3v) is 6.72. The highest BCUT2D eigenvalue weighted by Gasteiger charge is 2.34. The van der Waals surface area contributed by atoms with Crippen molar-refractivity contribution in [2.45, 2.75) is 52.7 Å². The van der Waals surface area contributed by atoms with Crippen LogP contribution < -0.4 is 28.5 Å². The molecule has 4 rings (SSSR count). The van der Waals surface area contributed by atoms with Crippen LogP contribution in [0, 0.1) is 23.6 Å². The zero-order valence-corrected chi connectivity index (χ0v) is 21.4. The Hall–Kier alpha value is -1.96. The number of para-hydroxylation sites is 2. The molecular weight excluding hydrogens is 518 g/mol. The lowest BCUT2D eigenvalue weighted by Crippen LogP contribution is -3.00. The minimum absolute atomic E-state index is 0. The molecule has 1 fully saturated rings. The minimum Gasteiger partial charge on any atom is -1.00 e. The summed E-state index contributed by atoms with van der Waals surface area (Å²) in [4.78, 5) is 13.1. The van der Waals surface area contributed by atoms with Gasteiger partial charge in [0.1, 0.15) is 11.9 Å². The largest absolute Gasteiger partial charge is 1.00 e. The van der Waals surface area contributed by atoms with E-state index in [2.05, 4.69) is 20.8 Å². The SMILES string of the molecule is CC(C)[C@@H]1CC[C@@H](C)CC1OC(=O)Cn1c(-c2cccc(F)c2)[n+](C)c2ccccc21.[I-]. The van der Waals surface area contributed by atoms with Gasteiger partial charge in [-0.25, -0.2) is 18.3 Å². The average Bonchev–Trinajstić information content (AvgIpc) is 2.99. The Balaban J connectivity index is 0.00000289. The van der Waals surface area contributed by atoms with E-state index in [1.165, 1.54) is 18.6 Å². The number of carbonyl (C=O) groups excluding carboxylic acids is 1. The van der Waals surface area contributed by atoms with E-state index in [0.29, 0.717) is 17.8 Å². The van der Waals surface area contributed by atoms with Crippen molar-refractivity contribution in [3.05, 3.63) is 54.3 Å². The van der Waals surface area contributed by atoms with Crippen LogP contribution in [0.3, 0.4) is 0 Å². The van der Waals surface area contributed by atoms with Crippen molar-refractivity contribution in [3.63, 3.8) is 0 Å². The predicted molar refractivity (Wildman–Crippen MR) is 120 cm³/mol. The van der Waals surface area contributed by atoms with E-state index in [0.717, 1.165) is 35.3 Å². The number of hydrogen-bond donors (Lipinski definition) is 0. The summed E-state index contributed by atoms with van der Waals surface area (Å²) in [5, 5.41) is 0. The number of rotatable bonds is 5. The fourth-order valence-corrected chi connectivity index (χ4v) is 5.11. The topological polar surface area (TPSA) is 35.1 Å². The molecule has 172 valence electrons. The number of hydrogen-bond acceptors (Lipinski definition) is 2. The van der Waals surface area contributed by atoms with Gasteiger partial charge in [0.15, 0.2) is 17.6 Å². The first-order valence-electron chi connectivity index (χ1n) is 11.3. The van der Waals surface area contributed by atoms with Gasteiger partial charge in [0, 0.05) is 0 Å². The Morgan fingerprint density at radius 1 is 1.19 bits per heavy atom. The van der Waals surface area contributed by atoms with Crippen LogP contribution in [0.2, 0.25) is 0 Å². The number of imidazole rings is 1. The predicted octanol–water partition coefficient (Wildman–Crippen LogP) is 2.28. The van der Waals surface area contributed by atoms with Gasteiger partial charge in [-0.15, -0.1) is 0 Å². The summed E-state index contributed by atoms with van der Waals surface area (Å²) >= 11 is 0. The number of aryl methyl sites for hydroxylation is 1. The van der Waals surface area contributed by atoms with Gasteiger partial charge in [0.25, 0.3) is 5.82 Å². The van der Waals surface area contributed by atoms with Gasteiger partial charge in [0.05, 0.1) is 12.6 Å². The highest BCUT2D eigenvalue weighted by molar-refractivity contribution is 5.79.